The maximum absolute atomic E-state index is 14.0. The number of fused-ring (bicyclic) bond motifs is 5. The van der Waals surface area contributed by atoms with E-state index in [1.807, 2.05) is 16.2 Å². The van der Waals surface area contributed by atoms with Crippen LogP contribution >= 0.6 is 11.3 Å². The van der Waals surface area contributed by atoms with Crippen LogP contribution in [0.15, 0.2) is 66.9 Å². The fourth-order valence-corrected chi connectivity index (χ4v) is 6.89. The minimum absolute atomic E-state index is 0.173. The predicted octanol–water partition coefficient (Wildman–Crippen LogP) is 6.65. The van der Waals surface area contributed by atoms with Crippen LogP contribution in [0.25, 0.3) is 5.00 Å². The number of esters is 1. The molecular formula is C30H29N3O3S. The van der Waals surface area contributed by atoms with Gasteiger partial charge in [-0.2, -0.15) is 0 Å². The van der Waals surface area contributed by atoms with Gasteiger partial charge >= 0.3 is 12.0 Å². The average molecular weight is 512 g/mol. The van der Waals surface area contributed by atoms with E-state index < -0.39 is 5.97 Å². The molecule has 2 amide bonds. The highest BCUT2D eigenvalue weighted by molar-refractivity contribution is 7.15. The summed E-state index contributed by atoms with van der Waals surface area (Å²) in [7, 11) is 1.36. The van der Waals surface area contributed by atoms with Crippen LogP contribution in [0.3, 0.4) is 0 Å². The molecule has 0 bridgehead atoms. The van der Waals surface area contributed by atoms with E-state index in [0.29, 0.717) is 17.8 Å². The van der Waals surface area contributed by atoms with Crippen molar-refractivity contribution in [3.8, 4) is 5.00 Å². The van der Waals surface area contributed by atoms with Crippen LogP contribution in [0.4, 0.5) is 10.5 Å². The Balaban J connectivity index is 1.43. The summed E-state index contributed by atoms with van der Waals surface area (Å²) in [4.78, 5) is 29.2. The first-order chi connectivity index (χ1) is 18.0. The molecule has 6 rings (SSSR count). The highest BCUT2D eigenvalue weighted by Crippen LogP contribution is 2.44. The zero-order valence-electron chi connectivity index (χ0n) is 21.0. The molecular weight excluding hydrogens is 482 g/mol. The molecule has 1 unspecified atom stereocenters. The van der Waals surface area contributed by atoms with Gasteiger partial charge in [0.15, 0.2) is 0 Å². The Labute approximate surface area is 220 Å². The number of ether oxygens (including phenoxy) is 1. The van der Waals surface area contributed by atoms with Crippen molar-refractivity contribution in [2.75, 3.05) is 12.4 Å². The summed E-state index contributed by atoms with van der Waals surface area (Å²) in [6.45, 7) is 2.61. The number of benzene rings is 2. The summed E-state index contributed by atoms with van der Waals surface area (Å²) in [5, 5.41) is 4.33. The minimum Gasteiger partial charge on any atom is -0.465 e. The SMILES string of the molecule is COC(=O)c1ccc(NC(=O)N2Cc3c(sc4c3CCCC4)-n3cccc3C2c2ccc(C)cc2)cc1. The number of methoxy groups -OCH3 is 1. The number of carbonyl (C=O) groups excluding carboxylic acids is 2. The maximum atomic E-state index is 14.0. The number of thiophene rings is 1. The van der Waals surface area contributed by atoms with E-state index in [-0.39, 0.29) is 12.1 Å². The number of rotatable bonds is 3. The van der Waals surface area contributed by atoms with Crippen molar-refractivity contribution in [3.63, 3.8) is 0 Å². The Morgan fingerprint density at radius 2 is 1.73 bits per heavy atom. The molecule has 7 heteroatoms. The van der Waals surface area contributed by atoms with Crippen molar-refractivity contribution < 1.29 is 14.3 Å². The number of anilines is 1. The number of carbonyl (C=O) groups is 2. The number of aromatic nitrogens is 1. The minimum atomic E-state index is -0.402. The molecule has 1 aliphatic carbocycles. The molecule has 6 nitrogen and oxygen atoms in total. The van der Waals surface area contributed by atoms with Crippen LogP contribution in [0.5, 0.6) is 0 Å². The molecule has 1 atom stereocenters. The third kappa shape index (κ3) is 4.23. The first-order valence-corrected chi connectivity index (χ1v) is 13.5. The van der Waals surface area contributed by atoms with Crippen LogP contribution in [0.2, 0.25) is 0 Å². The lowest BCUT2D eigenvalue weighted by Gasteiger charge is -2.31. The average Bonchev–Trinajstić information content (AvgIpc) is 3.51. The van der Waals surface area contributed by atoms with Gasteiger partial charge in [0, 0.05) is 22.3 Å². The van der Waals surface area contributed by atoms with Crippen molar-refractivity contribution in [1.82, 2.24) is 9.47 Å². The Morgan fingerprint density at radius 1 is 0.973 bits per heavy atom. The maximum Gasteiger partial charge on any atom is 0.337 e. The number of hydrogen-bond donors (Lipinski definition) is 1. The molecule has 0 saturated carbocycles. The second-order valence-electron chi connectivity index (χ2n) is 9.74. The number of urea groups is 1. The normalized spacial score (nSPS) is 16.3. The molecule has 0 saturated heterocycles. The molecule has 1 aliphatic heterocycles. The van der Waals surface area contributed by atoms with E-state index in [1.54, 1.807) is 24.3 Å². The topological polar surface area (TPSA) is 63.6 Å². The third-order valence-electron chi connectivity index (χ3n) is 7.39. The van der Waals surface area contributed by atoms with E-state index in [2.05, 4.69) is 59.4 Å². The molecule has 3 heterocycles. The summed E-state index contributed by atoms with van der Waals surface area (Å²) < 4.78 is 7.09. The summed E-state index contributed by atoms with van der Waals surface area (Å²) in [5.74, 6) is -0.402. The van der Waals surface area contributed by atoms with Gasteiger partial charge in [-0.25, -0.2) is 9.59 Å². The van der Waals surface area contributed by atoms with E-state index >= 15 is 0 Å². The third-order valence-corrected chi connectivity index (χ3v) is 8.72. The van der Waals surface area contributed by atoms with Gasteiger partial charge in [-0.3, -0.25) is 0 Å². The number of hydrogen-bond acceptors (Lipinski definition) is 4. The Morgan fingerprint density at radius 3 is 2.49 bits per heavy atom. The van der Waals surface area contributed by atoms with Gasteiger partial charge in [-0.1, -0.05) is 29.8 Å². The van der Waals surface area contributed by atoms with Gasteiger partial charge < -0.3 is 19.5 Å². The summed E-state index contributed by atoms with van der Waals surface area (Å²) >= 11 is 1.88. The van der Waals surface area contributed by atoms with Gasteiger partial charge in [-0.05, 0) is 80.1 Å². The highest BCUT2D eigenvalue weighted by atomic mass is 32.1. The fraction of sp³-hybridized carbons (Fsp3) is 0.267. The van der Waals surface area contributed by atoms with Crippen molar-refractivity contribution in [2.24, 2.45) is 0 Å². The molecule has 0 radical (unpaired) electrons. The molecule has 4 aromatic rings. The van der Waals surface area contributed by atoms with Crippen molar-refractivity contribution in [2.45, 2.75) is 45.2 Å². The molecule has 2 aromatic heterocycles. The van der Waals surface area contributed by atoms with Gasteiger partial charge in [0.1, 0.15) is 5.00 Å². The highest BCUT2D eigenvalue weighted by Gasteiger charge is 2.36. The first kappa shape index (κ1) is 23.6. The van der Waals surface area contributed by atoms with Crippen molar-refractivity contribution in [3.05, 3.63) is 105 Å². The molecule has 0 spiro atoms. The zero-order valence-corrected chi connectivity index (χ0v) is 21.8. The Bertz CT molecular complexity index is 1470. The predicted molar refractivity (Wildman–Crippen MR) is 146 cm³/mol. The zero-order chi connectivity index (χ0) is 25.5. The molecule has 37 heavy (non-hydrogen) atoms. The lowest BCUT2D eigenvalue weighted by atomic mass is 9.95. The smallest absolute Gasteiger partial charge is 0.337 e. The van der Waals surface area contributed by atoms with E-state index in [0.717, 1.165) is 24.1 Å². The lowest BCUT2D eigenvalue weighted by Crippen LogP contribution is -2.38. The summed E-state index contributed by atoms with van der Waals surface area (Å²) in [6.07, 6.45) is 6.73. The van der Waals surface area contributed by atoms with Gasteiger partial charge in [-0.15, -0.1) is 11.3 Å². The lowest BCUT2D eigenvalue weighted by molar-refractivity contribution is 0.0600. The van der Waals surface area contributed by atoms with Gasteiger partial charge in [0.2, 0.25) is 0 Å². The first-order valence-electron chi connectivity index (χ1n) is 12.7. The fourth-order valence-electron chi connectivity index (χ4n) is 5.49. The number of aryl methyl sites for hydroxylation is 2. The molecule has 2 aromatic carbocycles. The number of nitrogens with zero attached hydrogens (tertiary/aromatic N) is 2. The van der Waals surface area contributed by atoms with E-state index in [1.165, 1.54) is 46.5 Å². The van der Waals surface area contributed by atoms with Crippen molar-refractivity contribution >= 4 is 29.0 Å². The molecule has 1 N–H and O–H groups in total. The van der Waals surface area contributed by atoms with E-state index in [9.17, 15) is 9.59 Å². The van der Waals surface area contributed by atoms with Crippen LogP contribution < -0.4 is 5.32 Å². The molecule has 188 valence electrons. The second kappa shape index (κ2) is 9.56. The van der Waals surface area contributed by atoms with Gasteiger partial charge in [0.25, 0.3) is 0 Å². The van der Waals surface area contributed by atoms with Crippen LogP contribution in [0, 0.1) is 6.92 Å². The quantitative estimate of drug-likeness (QED) is 0.313. The summed E-state index contributed by atoms with van der Waals surface area (Å²) in [5.41, 5.74) is 7.11. The molecule has 2 aliphatic rings. The van der Waals surface area contributed by atoms with Crippen LogP contribution in [-0.2, 0) is 24.1 Å². The Kier molecular flexibility index (Phi) is 6.08. The number of nitrogens with one attached hydrogen (secondary N) is 1. The van der Waals surface area contributed by atoms with Crippen molar-refractivity contribution in [1.29, 1.82) is 0 Å². The second-order valence-corrected chi connectivity index (χ2v) is 10.8. The van der Waals surface area contributed by atoms with Crippen LogP contribution in [0.1, 0.15) is 62.1 Å². The molecule has 0 fully saturated rings. The number of amides is 2. The van der Waals surface area contributed by atoms with E-state index in [4.69, 9.17) is 4.74 Å². The summed E-state index contributed by atoms with van der Waals surface area (Å²) in [6, 6.07) is 19.0. The largest absolute Gasteiger partial charge is 0.465 e. The van der Waals surface area contributed by atoms with Crippen LogP contribution in [-0.4, -0.2) is 28.6 Å². The van der Waals surface area contributed by atoms with Gasteiger partial charge in [0.05, 0.1) is 31.0 Å². The standard InChI is InChI=1S/C30H29N3O3S/c1-19-9-11-20(12-10-19)27-25-7-5-17-32(25)28-24(23-6-3-4-8-26(23)37-28)18-33(27)30(35)31-22-15-13-21(14-16-22)29(34)36-2/h5,7,9-17,27H,3-4,6,8,18H2,1-2H3,(H,31,35). The Hall–Kier alpha value is -3.84. The monoisotopic (exact) mass is 511 g/mol.